The molecule has 2 heterocycles. The Morgan fingerprint density at radius 3 is 2.52 bits per heavy atom. The van der Waals surface area contributed by atoms with Gasteiger partial charge in [-0.05, 0) is 36.8 Å². The van der Waals surface area contributed by atoms with Crippen molar-refractivity contribution >= 4 is 34.8 Å². The van der Waals surface area contributed by atoms with Gasteiger partial charge in [-0.2, -0.15) is 0 Å². The first-order valence-electron chi connectivity index (χ1n) is 9.25. The van der Waals surface area contributed by atoms with Crippen molar-refractivity contribution in [3.05, 3.63) is 89.2 Å². The van der Waals surface area contributed by atoms with Crippen molar-refractivity contribution in [2.75, 3.05) is 11.5 Å². The Balaban J connectivity index is 1.72. The number of hydrogen-bond acceptors (Lipinski definition) is 5. The van der Waals surface area contributed by atoms with Crippen LogP contribution in [0.5, 0.6) is 5.75 Å². The molecule has 5 nitrogen and oxygen atoms in total. The Labute approximate surface area is 173 Å². The molecular weight excluding hydrogens is 386 g/mol. The van der Waals surface area contributed by atoms with E-state index in [2.05, 4.69) is 0 Å². The van der Waals surface area contributed by atoms with Gasteiger partial charge in [0.15, 0.2) is 0 Å². The van der Waals surface area contributed by atoms with Crippen molar-refractivity contribution in [1.29, 1.82) is 0 Å². The SMILES string of the molecule is CCOc1cccc(N2C(=O)C(SCc3ccco3)=C(c3ccccc3)C2=O)c1. The summed E-state index contributed by atoms with van der Waals surface area (Å²) < 4.78 is 10.9. The summed E-state index contributed by atoms with van der Waals surface area (Å²) in [5.74, 6) is 1.15. The molecule has 2 aromatic carbocycles. The summed E-state index contributed by atoms with van der Waals surface area (Å²) in [4.78, 5) is 28.2. The Morgan fingerprint density at radius 2 is 1.79 bits per heavy atom. The molecular formula is C23H19NO4S. The zero-order valence-electron chi connectivity index (χ0n) is 15.8. The number of carbonyl (C=O) groups excluding carboxylic acids is 2. The minimum absolute atomic E-state index is 0.334. The van der Waals surface area contributed by atoms with Gasteiger partial charge in [0.05, 0.1) is 34.8 Å². The second kappa shape index (κ2) is 8.41. The molecule has 1 aliphatic rings. The summed E-state index contributed by atoms with van der Waals surface area (Å²) >= 11 is 1.31. The largest absolute Gasteiger partial charge is 0.494 e. The topological polar surface area (TPSA) is 59.8 Å². The third-order valence-electron chi connectivity index (χ3n) is 4.43. The molecule has 0 saturated carbocycles. The van der Waals surface area contributed by atoms with Crippen LogP contribution in [0.25, 0.3) is 5.57 Å². The van der Waals surface area contributed by atoms with Gasteiger partial charge in [0.25, 0.3) is 11.8 Å². The molecule has 3 aromatic rings. The van der Waals surface area contributed by atoms with E-state index < -0.39 is 0 Å². The van der Waals surface area contributed by atoms with Gasteiger partial charge in [-0.1, -0.05) is 36.4 Å². The highest BCUT2D eigenvalue weighted by Crippen LogP contribution is 2.40. The Bertz CT molecular complexity index is 1060. The normalized spacial score (nSPS) is 14.0. The second-order valence-corrected chi connectivity index (χ2v) is 7.30. The lowest BCUT2D eigenvalue weighted by molar-refractivity contribution is -0.119. The maximum atomic E-state index is 13.3. The smallest absolute Gasteiger partial charge is 0.272 e. The van der Waals surface area contributed by atoms with Crippen LogP contribution < -0.4 is 9.64 Å². The molecule has 2 amide bonds. The minimum Gasteiger partial charge on any atom is -0.494 e. The number of imide groups is 1. The average molecular weight is 405 g/mol. The van der Waals surface area contributed by atoms with Gasteiger partial charge in [0.1, 0.15) is 11.5 Å². The van der Waals surface area contributed by atoms with Crippen LogP contribution >= 0.6 is 11.8 Å². The number of rotatable bonds is 7. The van der Waals surface area contributed by atoms with E-state index in [0.29, 0.717) is 34.3 Å². The number of anilines is 1. The molecule has 6 heteroatoms. The third-order valence-corrected chi connectivity index (χ3v) is 5.53. The summed E-state index contributed by atoms with van der Waals surface area (Å²) in [5.41, 5.74) is 1.62. The third kappa shape index (κ3) is 3.84. The Hall–Kier alpha value is -3.25. The number of amides is 2. The first-order chi connectivity index (χ1) is 14.2. The standard InChI is InChI=1S/C23H19NO4S/c1-2-27-18-11-6-10-17(14-18)24-22(25)20(16-8-4-3-5-9-16)21(23(24)26)29-15-19-12-7-13-28-19/h3-14H,2,15H2,1H3. The van der Waals surface area contributed by atoms with E-state index in [1.54, 1.807) is 36.6 Å². The monoisotopic (exact) mass is 405 g/mol. The average Bonchev–Trinajstić information content (AvgIpc) is 3.33. The van der Waals surface area contributed by atoms with E-state index in [1.165, 1.54) is 16.7 Å². The van der Waals surface area contributed by atoms with Gasteiger partial charge < -0.3 is 9.15 Å². The van der Waals surface area contributed by atoms with Gasteiger partial charge in [-0.3, -0.25) is 9.59 Å². The zero-order chi connectivity index (χ0) is 20.2. The highest BCUT2D eigenvalue weighted by molar-refractivity contribution is 8.03. The number of nitrogens with zero attached hydrogens (tertiary/aromatic N) is 1. The molecule has 0 fully saturated rings. The fourth-order valence-electron chi connectivity index (χ4n) is 3.15. The van der Waals surface area contributed by atoms with Gasteiger partial charge in [0.2, 0.25) is 0 Å². The minimum atomic E-state index is -0.336. The van der Waals surface area contributed by atoms with E-state index in [1.807, 2.05) is 43.3 Å². The first kappa shape index (κ1) is 19.1. The lowest BCUT2D eigenvalue weighted by atomic mass is 10.1. The Kier molecular flexibility index (Phi) is 5.53. The molecule has 146 valence electrons. The van der Waals surface area contributed by atoms with Crippen molar-refractivity contribution in [3.63, 3.8) is 0 Å². The number of hydrogen-bond donors (Lipinski definition) is 0. The number of ether oxygens (including phenoxy) is 1. The summed E-state index contributed by atoms with van der Waals surface area (Å²) in [6.45, 7) is 2.39. The van der Waals surface area contributed by atoms with E-state index in [4.69, 9.17) is 9.15 Å². The van der Waals surface area contributed by atoms with Crippen LogP contribution in [0.15, 0.2) is 82.3 Å². The van der Waals surface area contributed by atoms with E-state index in [0.717, 1.165) is 11.3 Å². The highest BCUT2D eigenvalue weighted by atomic mass is 32.2. The number of furan rings is 1. The lowest BCUT2D eigenvalue weighted by Gasteiger charge is -2.16. The van der Waals surface area contributed by atoms with Crippen LogP contribution in [-0.4, -0.2) is 18.4 Å². The first-order valence-corrected chi connectivity index (χ1v) is 10.2. The molecule has 0 radical (unpaired) electrons. The summed E-state index contributed by atoms with van der Waals surface area (Å²) in [6.07, 6.45) is 1.59. The van der Waals surface area contributed by atoms with E-state index in [-0.39, 0.29) is 11.8 Å². The van der Waals surface area contributed by atoms with E-state index in [9.17, 15) is 9.59 Å². The predicted octanol–water partition coefficient (Wildman–Crippen LogP) is 4.90. The van der Waals surface area contributed by atoms with E-state index >= 15 is 0 Å². The summed E-state index contributed by atoms with van der Waals surface area (Å²) in [5, 5.41) is 0. The molecule has 0 unspecified atom stereocenters. The van der Waals surface area contributed by atoms with Crippen LogP contribution in [0.2, 0.25) is 0 Å². The zero-order valence-corrected chi connectivity index (χ0v) is 16.6. The lowest BCUT2D eigenvalue weighted by Crippen LogP contribution is -2.31. The number of thioether (sulfide) groups is 1. The maximum absolute atomic E-state index is 13.3. The predicted molar refractivity (Wildman–Crippen MR) is 113 cm³/mol. The fourth-order valence-corrected chi connectivity index (χ4v) is 4.17. The molecule has 4 rings (SSSR count). The van der Waals surface area contributed by atoms with Crippen LogP contribution in [-0.2, 0) is 15.3 Å². The van der Waals surface area contributed by atoms with Crippen LogP contribution in [0.3, 0.4) is 0 Å². The molecule has 0 aliphatic carbocycles. The molecule has 0 atom stereocenters. The second-order valence-electron chi connectivity index (χ2n) is 6.31. The fraction of sp³-hybridized carbons (Fsp3) is 0.130. The van der Waals surface area contributed by atoms with Gasteiger partial charge in [-0.15, -0.1) is 11.8 Å². The molecule has 1 aliphatic heterocycles. The number of benzene rings is 2. The molecule has 29 heavy (non-hydrogen) atoms. The summed E-state index contributed by atoms with van der Waals surface area (Å²) in [7, 11) is 0. The van der Waals surface area contributed by atoms with Crippen LogP contribution in [0, 0.1) is 0 Å². The van der Waals surface area contributed by atoms with Crippen molar-refractivity contribution in [3.8, 4) is 5.75 Å². The highest BCUT2D eigenvalue weighted by Gasteiger charge is 2.40. The summed E-state index contributed by atoms with van der Waals surface area (Å²) in [6, 6.07) is 19.9. The van der Waals surface area contributed by atoms with Crippen molar-refractivity contribution in [1.82, 2.24) is 0 Å². The van der Waals surface area contributed by atoms with Crippen LogP contribution in [0.4, 0.5) is 5.69 Å². The molecule has 0 bridgehead atoms. The maximum Gasteiger partial charge on any atom is 0.272 e. The Morgan fingerprint density at radius 1 is 0.966 bits per heavy atom. The van der Waals surface area contributed by atoms with Crippen molar-refractivity contribution in [2.24, 2.45) is 0 Å². The van der Waals surface area contributed by atoms with Crippen molar-refractivity contribution < 1.29 is 18.7 Å². The molecule has 1 aromatic heterocycles. The van der Waals surface area contributed by atoms with Gasteiger partial charge in [0, 0.05) is 6.07 Å². The number of carbonyl (C=O) groups is 2. The van der Waals surface area contributed by atoms with Gasteiger partial charge in [-0.25, -0.2) is 4.90 Å². The quantitative estimate of drug-likeness (QED) is 0.524. The molecule has 0 saturated heterocycles. The molecule has 0 spiro atoms. The van der Waals surface area contributed by atoms with Crippen LogP contribution in [0.1, 0.15) is 18.2 Å². The molecule has 0 N–H and O–H groups in total. The van der Waals surface area contributed by atoms with Gasteiger partial charge >= 0.3 is 0 Å². The van der Waals surface area contributed by atoms with Crippen molar-refractivity contribution in [2.45, 2.75) is 12.7 Å².